The number of unbranched alkanes of at least 4 members (excludes halogenated alkanes) is 1. The lowest BCUT2D eigenvalue weighted by Crippen LogP contribution is -2.31. The van der Waals surface area contributed by atoms with Crippen LogP contribution in [-0.2, 0) is 6.54 Å². The molecule has 0 unspecified atom stereocenters. The molecular weight excluding hydrogens is 472 g/mol. The Hall–Kier alpha value is -2.70. The summed E-state index contributed by atoms with van der Waals surface area (Å²) in [6.45, 7) is 5.37. The predicted molar refractivity (Wildman–Crippen MR) is 148 cm³/mol. The SMILES string of the molecule is CCCCSCCCNC(=O)c1ccc2c(c1)N(Cc1ccccc1C)C(=O)c1ccccc1S2. The van der Waals surface area contributed by atoms with Crippen molar-refractivity contribution in [2.75, 3.05) is 23.0 Å². The highest BCUT2D eigenvalue weighted by Crippen LogP contribution is 2.42. The summed E-state index contributed by atoms with van der Waals surface area (Å²) in [6, 6.07) is 21.5. The lowest BCUT2D eigenvalue weighted by atomic mass is 10.1. The van der Waals surface area contributed by atoms with E-state index in [2.05, 4.69) is 31.3 Å². The Balaban J connectivity index is 1.57. The quantitative estimate of drug-likeness (QED) is 0.303. The van der Waals surface area contributed by atoms with Gasteiger partial charge in [0.1, 0.15) is 0 Å². The summed E-state index contributed by atoms with van der Waals surface area (Å²) >= 11 is 3.52. The van der Waals surface area contributed by atoms with Gasteiger partial charge in [0, 0.05) is 21.9 Å². The van der Waals surface area contributed by atoms with Crippen molar-refractivity contribution in [3.8, 4) is 0 Å². The van der Waals surface area contributed by atoms with Gasteiger partial charge in [-0.15, -0.1) is 0 Å². The molecular formula is C29H32N2O2S2. The lowest BCUT2D eigenvalue weighted by molar-refractivity contribution is 0.0950. The number of benzene rings is 3. The third-order valence-corrected chi connectivity index (χ3v) is 8.37. The molecule has 2 amide bonds. The minimum absolute atomic E-state index is 0.0447. The molecule has 0 aliphatic carbocycles. The van der Waals surface area contributed by atoms with Crippen LogP contribution >= 0.6 is 23.5 Å². The number of carbonyl (C=O) groups is 2. The fourth-order valence-electron chi connectivity index (χ4n) is 4.00. The number of anilines is 1. The van der Waals surface area contributed by atoms with Crippen LogP contribution in [0.4, 0.5) is 5.69 Å². The van der Waals surface area contributed by atoms with Gasteiger partial charge in [-0.3, -0.25) is 9.59 Å². The van der Waals surface area contributed by atoms with Gasteiger partial charge in [-0.1, -0.05) is 61.5 Å². The number of nitrogens with zero attached hydrogens (tertiary/aromatic N) is 1. The normalized spacial score (nSPS) is 12.6. The third kappa shape index (κ3) is 6.30. The maximum atomic E-state index is 13.7. The molecule has 1 aliphatic heterocycles. The van der Waals surface area contributed by atoms with Crippen molar-refractivity contribution < 1.29 is 9.59 Å². The second-order valence-corrected chi connectivity index (χ2v) is 11.0. The number of thioether (sulfide) groups is 1. The van der Waals surface area contributed by atoms with Gasteiger partial charge in [0.2, 0.25) is 0 Å². The summed E-state index contributed by atoms with van der Waals surface area (Å²) < 4.78 is 0. The van der Waals surface area contributed by atoms with E-state index in [1.807, 2.05) is 71.3 Å². The van der Waals surface area contributed by atoms with Gasteiger partial charge in [0.05, 0.1) is 17.8 Å². The average Bonchev–Trinajstić information content (AvgIpc) is 2.98. The van der Waals surface area contributed by atoms with Gasteiger partial charge in [-0.05, 0) is 72.7 Å². The second kappa shape index (κ2) is 12.3. The molecule has 3 aromatic carbocycles. The van der Waals surface area contributed by atoms with E-state index in [4.69, 9.17) is 0 Å². The van der Waals surface area contributed by atoms with E-state index >= 15 is 0 Å². The first-order valence-corrected chi connectivity index (χ1v) is 14.2. The number of carbonyl (C=O) groups excluding carboxylic acids is 2. The highest BCUT2D eigenvalue weighted by Gasteiger charge is 2.28. The molecule has 6 heteroatoms. The Bertz CT molecular complexity index is 1190. The minimum atomic E-state index is -0.0959. The van der Waals surface area contributed by atoms with Crippen molar-refractivity contribution in [1.29, 1.82) is 0 Å². The van der Waals surface area contributed by atoms with Crippen LogP contribution in [0.2, 0.25) is 0 Å². The number of aryl methyl sites for hydroxylation is 1. The highest BCUT2D eigenvalue weighted by atomic mass is 32.2. The van der Waals surface area contributed by atoms with Gasteiger partial charge in [-0.2, -0.15) is 11.8 Å². The molecule has 1 heterocycles. The molecule has 4 rings (SSSR count). The number of nitrogens with one attached hydrogen (secondary N) is 1. The zero-order valence-corrected chi connectivity index (χ0v) is 22.0. The van der Waals surface area contributed by atoms with E-state index < -0.39 is 0 Å². The first-order chi connectivity index (χ1) is 17.1. The van der Waals surface area contributed by atoms with Crippen molar-refractivity contribution in [3.05, 3.63) is 89.0 Å². The second-order valence-electron chi connectivity index (χ2n) is 8.67. The zero-order valence-electron chi connectivity index (χ0n) is 20.4. The number of hydrogen-bond donors (Lipinski definition) is 1. The minimum Gasteiger partial charge on any atom is -0.352 e. The van der Waals surface area contributed by atoms with Gasteiger partial charge in [-0.25, -0.2) is 0 Å². The third-order valence-electron chi connectivity index (χ3n) is 6.08. The monoisotopic (exact) mass is 504 g/mol. The van der Waals surface area contributed by atoms with Crippen LogP contribution < -0.4 is 10.2 Å². The molecule has 0 bridgehead atoms. The molecule has 1 aliphatic rings. The van der Waals surface area contributed by atoms with Crippen LogP contribution in [-0.4, -0.2) is 29.9 Å². The molecule has 0 radical (unpaired) electrons. The van der Waals surface area contributed by atoms with Crippen LogP contribution in [0.15, 0.2) is 76.5 Å². The zero-order chi connectivity index (χ0) is 24.6. The van der Waals surface area contributed by atoms with E-state index in [9.17, 15) is 9.59 Å². The number of amides is 2. The Kier molecular flexibility index (Phi) is 8.94. The van der Waals surface area contributed by atoms with Crippen molar-refractivity contribution >= 4 is 41.0 Å². The van der Waals surface area contributed by atoms with E-state index in [0.717, 1.165) is 38.8 Å². The highest BCUT2D eigenvalue weighted by molar-refractivity contribution is 7.99. The van der Waals surface area contributed by atoms with Crippen LogP contribution in [0.3, 0.4) is 0 Å². The maximum absolute atomic E-state index is 13.7. The van der Waals surface area contributed by atoms with Gasteiger partial charge >= 0.3 is 0 Å². The number of fused-ring (bicyclic) bond motifs is 2. The number of rotatable bonds is 10. The fourth-order valence-corrected chi connectivity index (χ4v) is 6.11. The Morgan fingerprint density at radius 3 is 2.57 bits per heavy atom. The summed E-state index contributed by atoms with van der Waals surface area (Å²) in [6.07, 6.45) is 3.41. The van der Waals surface area contributed by atoms with Crippen LogP contribution in [0.5, 0.6) is 0 Å². The maximum Gasteiger partial charge on any atom is 0.259 e. The fraction of sp³-hybridized carbons (Fsp3) is 0.310. The molecule has 0 saturated heterocycles. The Morgan fingerprint density at radius 2 is 1.74 bits per heavy atom. The summed E-state index contributed by atoms with van der Waals surface area (Å²) in [5.41, 5.74) is 4.27. The first-order valence-electron chi connectivity index (χ1n) is 12.2. The van der Waals surface area contributed by atoms with Crippen LogP contribution in [0.25, 0.3) is 0 Å². The largest absolute Gasteiger partial charge is 0.352 e. The van der Waals surface area contributed by atoms with Crippen molar-refractivity contribution in [1.82, 2.24) is 5.32 Å². The Labute approximate surface area is 216 Å². The standard InChI is InChI=1S/C29H32N2O2S2/c1-3-4-17-34-18-9-16-30-28(32)22-14-15-27-25(19-22)31(20-23-11-6-5-10-21(23)2)29(33)24-12-7-8-13-26(24)35-27/h5-8,10-15,19H,3-4,9,16-18,20H2,1-2H3,(H,30,32). The molecule has 0 atom stereocenters. The molecule has 35 heavy (non-hydrogen) atoms. The average molecular weight is 505 g/mol. The topological polar surface area (TPSA) is 49.4 Å². The molecule has 1 N–H and O–H groups in total. The van der Waals surface area contributed by atoms with Crippen LogP contribution in [0, 0.1) is 6.92 Å². The van der Waals surface area contributed by atoms with E-state index in [1.54, 1.807) is 11.8 Å². The molecule has 0 saturated carbocycles. The molecule has 182 valence electrons. The molecule has 0 fully saturated rings. The van der Waals surface area contributed by atoms with Crippen LogP contribution in [0.1, 0.15) is 58.0 Å². The van der Waals surface area contributed by atoms with E-state index in [-0.39, 0.29) is 11.8 Å². The first kappa shape index (κ1) is 25.4. The summed E-state index contributed by atoms with van der Waals surface area (Å²) in [4.78, 5) is 30.4. The summed E-state index contributed by atoms with van der Waals surface area (Å²) in [5.74, 6) is 2.09. The van der Waals surface area contributed by atoms with Crippen molar-refractivity contribution in [2.45, 2.75) is 49.4 Å². The summed E-state index contributed by atoms with van der Waals surface area (Å²) in [7, 11) is 0. The molecule has 0 spiro atoms. The van der Waals surface area contributed by atoms with E-state index in [0.29, 0.717) is 24.2 Å². The molecule has 4 nitrogen and oxygen atoms in total. The molecule has 0 aromatic heterocycles. The summed E-state index contributed by atoms with van der Waals surface area (Å²) in [5, 5.41) is 3.05. The van der Waals surface area contributed by atoms with Gasteiger partial charge < -0.3 is 10.2 Å². The van der Waals surface area contributed by atoms with Crippen molar-refractivity contribution in [3.63, 3.8) is 0 Å². The van der Waals surface area contributed by atoms with Gasteiger partial charge in [0.25, 0.3) is 11.8 Å². The number of hydrogen-bond acceptors (Lipinski definition) is 4. The van der Waals surface area contributed by atoms with Crippen molar-refractivity contribution in [2.24, 2.45) is 0 Å². The lowest BCUT2D eigenvalue weighted by Gasteiger charge is -2.24. The predicted octanol–water partition coefficient (Wildman–Crippen LogP) is 6.96. The molecule has 3 aromatic rings. The Morgan fingerprint density at radius 1 is 0.971 bits per heavy atom. The van der Waals surface area contributed by atoms with Gasteiger partial charge in [0.15, 0.2) is 0 Å². The smallest absolute Gasteiger partial charge is 0.259 e. The van der Waals surface area contributed by atoms with E-state index in [1.165, 1.54) is 18.6 Å².